The van der Waals surface area contributed by atoms with E-state index in [4.69, 9.17) is 21.4 Å². The van der Waals surface area contributed by atoms with Gasteiger partial charge in [0.1, 0.15) is 5.02 Å². The number of benzene rings is 1. The number of ether oxygens (including phenoxy) is 1. The van der Waals surface area contributed by atoms with Crippen LogP contribution in [-0.4, -0.2) is 12.2 Å². The first-order chi connectivity index (χ1) is 6.76. The predicted molar refractivity (Wildman–Crippen MR) is 59.3 cm³/mol. The van der Waals surface area contributed by atoms with E-state index in [1.54, 1.807) is 7.11 Å². The first-order valence-electron chi connectivity index (χ1n) is 4.12. The molecular formula is C10H9ClO2S. The lowest BCUT2D eigenvalue weighted by atomic mass is 10.2. The highest BCUT2D eigenvalue weighted by molar-refractivity contribution is 7.21. The number of aliphatic hydroxyl groups is 1. The lowest BCUT2D eigenvalue weighted by molar-refractivity contribution is 0.282. The fourth-order valence-corrected chi connectivity index (χ4v) is 2.62. The maximum absolute atomic E-state index is 8.98. The molecule has 0 saturated heterocycles. The van der Waals surface area contributed by atoms with Crippen LogP contribution in [0.2, 0.25) is 5.02 Å². The Morgan fingerprint density at radius 3 is 2.93 bits per heavy atom. The van der Waals surface area contributed by atoms with E-state index in [1.165, 1.54) is 11.3 Å². The summed E-state index contributed by atoms with van der Waals surface area (Å²) in [5.74, 6) is 0. The molecule has 1 aromatic heterocycles. The van der Waals surface area contributed by atoms with E-state index in [0.717, 1.165) is 20.7 Å². The molecule has 4 heteroatoms. The molecule has 1 N–H and O–H groups in total. The average molecular weight is 229 g/mol. The summed E-state index contributed by atoms with van der Waals surface area (Å²) in [7, 11) is 1.60. The molecule has 0 fully saturated rings. The van der Waals surface area contributed by atoms with Crippen LogP contribution in [0.15, 0.2) is 18.2 Å². The SMILES string of the molecule is COc1sc2ccc(CO)cc2c1Cl. The van der Waals surface area contributed by atoms with Crippen LogP contribution in [0.3, 0.4) is 0 Å². The molecule has 0 aliphatic rings. The Balaban J connectivity index is 2.68. The molecule has 0 bridgehead atoms. The zero-order valence-corrected chi connectivity index (χ0v) is 9.15. The third-order valence-corrected chi connectivity index (χ3v) is 3.65. The number of thiophene rings is 1. The molecule has 2 nitrogen and oxygen atoms in total. The molecule has 1 aromatic carbocycles. The van der Waals surface area contributed by atoms with Crippen LogP contribution in [0.25, 0.3) is 10.1 Å². The summed E-state index contributed by atoms with van der Waals surface area (Å²) in [5.41, 5.74) is 0.861. The number of hydrogen-bond acceptors (Lipinski definition) is 3. The molecule has 2 aromatic rings. The minimum absolute atomic E-state index is 0.0322. The van der Waals surface area contributed by atoms with E-state index in [9.17, 15) is 0 Å². The first kappa shape index (κ1) is 9.77. The van der Waals surface area contributed by atoms with E-state index in [1.807, 2.05) is 18.2 Å². The maximum atomic E-state index is 8.98. The summed E-state index contributed by atoms with van der Waals surface area (Å²) in [6.45, 7) is 0.0322. The van der Waals surface area contributed by atoms with Gasteiger partial charge in [-0.3, -0.25) is 0 Å². The van der Waals surface area contributed by atoms with Gasteiger partial charge in [0.05, 0.1) is 13.7 Å². The van der Waals surface area contributed by atoms with Gasteiger partial charge in [-0.2, -0.15) is 0 Å². The van der Waals surface area contributed by atoms with Gasteiger partial charge in [0.2, 0.25) is 0 Å². The van der Waals surface area contributed by atoms with Crippen molar-refractivity contribution in [2.75, 3.05) is 7.11 Å². The van der Waals surface area contributed by atoms with Crippen molar-refractivity contribution in [2.45, 2.75) is 6.61 Å². The molecule has 0 aliphatic carbocycles. The molecule has 74 valence electrons. The van der Waals surface area contributed by atoms with E-state index in [2.05, 4.69) is 0 Å². The van der Waals surface area contributed by atoms with Crippen LogP contribution in [0.4, 0.5) is 0 Å². The van der Waals surface area contributed by atoms with Crippen LogP contribution in [0.1, 0.15) is 5.56 Å². The second kappa shape index (κ2) is 3.77. The summed E-state index contributed by atoms with van der Waals surface area (Å²) < 4.78 is 6.20. The number of methoxy groups -OCH3 is 1. The van der Waals surface area contributed by atoms with Crippen LogP contribution in [-0.2, 0) is 6.61 Å². The van der Waals surface area contributed by atoms with Crippen LogP contribution in [0.5, 0.6) is 5.06 Å². The highest BCUT2D eigenvalue weighted by Gasteiger charge is 2.10. The Bertz CT molecular complexity index is 464. The highest BCUT2D eigenvalue weighted by atomic mass is 35.5. The van der Waals surface area contributed by atoms with Gasteiger partial charge in [-0.1, -0.05) is 29.0 Å². The normalized spacial score (nSPS) is 10.8. The molecule has 2 rings (SSSR count). The quantitative estimate of drug-likeness (QED) is 0.856. The topological polar surface area (TPSA) is 29.5 Å². The van der Waals surface area contributed by atoms with Gasteiger partial charge in [-0.15, -0.1) is 0 Å². The van der Waals surface area contributed by atoms with Crippen LogP contribution in [0, 0.1) is 0 Å². The van der Waals surface area contributed by atoms with Crippen LogP contribution < -0.4 is 4.74 Å². The van der Waals surface area contributed by atoms with Crippen molar-refractivity contribution in [3.63, 3.8) is 0 Å². The minimum Gasteiger partial charge on any atom is -0.486 e. The monoisotopic (exact) mass is 228 g/mol. The fraction of sp³-hybridized carbons (Fsp3) is 0.200. The number of hydrogen-bond donors (Lipinski definition) is 1. The van der Waals surface area contributed by atoms with Gasteiger partial charge in [-0.25, -0.2) is 0 Å². The zero-order valence-electron chi connectivity index (χ0n) is 7.58. The van der Waals surface area contributed by atoms with Gasteiger partial charge >= 0.3 is 0 Å². The number of rotatable bonds is 2. The Labute approximate surface area is 90.7 Å². The summed E-state index contributed by atoms with van der Waals surface area (Å²) in [4.78, 5) is 0. The third-order valence-electron chi connectivity index (χ3n) is 2.03. The van der Waals surface area contributed by atoms with Crippen LogP contribution >= 0.6 is 22.9 Å². The lowest BCUT2D eigenvalue weighted by Gasteiger charge is -1.95. The van der Waals surface area contributed by atoms with Gasteiger partial charge in [0.15, 0.2) is 5.06 Å². The average Bonchev–Trinajstić information content (AvgIpc) is 2.55. The fourth-order valence-electron chi connectivity index (χ4n) is 1.32. The molecule has 0 spiro atoms. The zero-order chi connectivity index (χ0) is 10.1. The van der Waals surface area contributed by atoms with Crippen molar-refractivity contribution in [2.24, 2.45) is 0 Å². The van der Waals surface area contributed by atoms with E-state index in [0.29, 0.717) is 5.02 Å². The summed E-state index contributed by atoms with van der Waals surface area (Å²) in [6.07, 6.45) is 0. The number of aliphatic hydroxyl groups excluding tert-OH is 1. The Morgan fingerprint density at radius 2 is 2.29 bits per heavy atom. The molecule has 1 heterocycles. The Morgan fingerprint density at radius 1 is 1.50 bits per heavy atom. The minimum atomic E-state index is 0.0322. The maximum Gasteiger partial charge on any atom is 0.193 e. The smallest absolute Gasteiger partial charge is 0.193 e. The number of halogens is 1. The molecule has 0 radical (unpaired) electrons. The largest absolute Gasteiger partial charge is 0.486 e. The molecule has 0 aliphatic heterocycles. The predicted octanol–water partition coefficient (Wildman–Crippen LogP) is 3.06. The lowest BCUT2D eigenvalue weighted by Crippen LogP contribution is -1.80. The Hall–Kier alpha value is -0.770. The number of fused-ring (bicyclic) bond motifs is 1. The van der Waals surface area contributed by atoms with Gasteiger partial charge in [0, 0.05) is 10.1 Å². The molecule has 0 saturated carbocycles. The second-order valence-electron chi connectivity index (χ2n) is 2.90. The van der Waals surface area contributed by atoms with Gasteiger partial charge < -0.3 is 9.84 Å². The molecule has 14 heavy (non-hydrogen) atoms. The van der Waals surface area contributed by atoms with Gasteiger partial charge in [-0.05, 0) is 17.7 Å². The van der Waals surface area contributed by atoms with Crippen molar-refractivity contribution in [3.05, 3.63) is 28.8 Å². The molecule has 0 atom stereocenters. The van der Waals surface area contributed by atoms with E-state index < -0.39 is 0 Å². The third kappa shape index (κ3) is 1.47. The van der Waals surface area contributed by atoms with Crippen molar-refractivity contribution in [1.29, 1.82) is 0 Å². The molecule has 0 unspecified atom stereocenters. The van der Waals surface area contributed by atoms with Gasteiger partial charge in [0.25, 0.3) is 0 Å². The van der Waals surface area contributed by atoms with Crippen molar-refractivity contribution in [3.8, 4) is 5.06 Å². The highest BCUT2D eigenvalue weighted by Crippen LogP contribution is 2.41. The summed E-state index contributed by atoms with van der Waals surface area (Å²) in [5, 5.41) is 11.3. The second-order valence-corrected chi connectivity index (χ2v) is 4.29. The summed E-state index contributed by atoms with van der Waals surface area (Å²) >= 11 is 7.60. The Kier molecular flexibility index (Phi) is 2.63. The van der Waals surface area contributed by atoms with Crippen molar-refractivity contribution >= 4 is 33.0 Å². The summed E-state index contributed by atoms with van der Waals surface area (Å²) in [6, 6.07) is 5.71. The van der Waals surface area contributed by atoms with E-state index in [-0.39, 0.29) is 6.61 Å². The first-order valence-corrected chi connectivity index (χ1v) is 5.31. The molecular weight excluding hydrogens is 220 g/mol. The van der Waals surface area contributed by atoms with Crippen molar-refractivity contribution in [1.82, 2.24) is 0 Å². The standard InChI is InChI=1S/C10H9ClO2S/c1-13-10-9(11)7-4-6(5-12)2-3-8(7)14-10/h2-4,12H,5H2,1H3. The van der Waals surface area contributed by atoms with Crippen molar-refractivity contribution < 1.29 is 9.84 Å². The van der Waals surface area contributed by atoms with E-state index >= 15 is 0 Å². The molecule has 0 amide bonds.